The van der Waals surface area contributed by atoms with Crippen LogP contribution in [-0.4, -0.2) is 225 Å². The van der Waals surface area contributed by atoms with Crippen molar-refractivity contribution in [3.63, 3.8) is 0 Å². The summed E-state index contributed by atoms with van der Waals surface area (Å²) in [7, 11) is -26.1. The van der Waals surface area contributed by atoms with Gasteiger partial charge < -0.3 is 98.2 Å². The summed E-state index contributed by atoms with van der Waals surface area (Å²) in [4.78, 5) is 130. The van der Waals surface area contributed by atoms with Crippen molar-refractivity contribution >= 4 is 107 Å². The fourth-order valence-electron chi connectivity index (χ4n) is 11.8. The number of carbonyl (C=O) groups excluding carboxylic acids is 5. The number of hydrogen-bond donors (Lipinski definition) is 12. The lowest BCUT2D eigenvalue weighted by atomic mass is 9.90. The fraction of sp³-hybridized carbons (Fsp3) is 0.433. The third-order valence-electron chi connectivity index (χ3n) is 16.7. The van der Waals surface area contributed by atoms with Gasteiger partial charge in [-0.15, -0.1) is 0 Å². The highest BCUT2D eigenvalue weighted by atomic mass is 32.2. The number of H-pyrrole nitrogens is 1. The Kier molecular flexibility index (Phi) is 34.5. The summed E-state index contributed by atoms with van der Waals surface area (Å²) < 4.78 is 170. The van der Waals surface area contributed by atoms with Gasteiger partial charge in [-0.2, -0.15) is 22.0 Å². The fourth-order valence-corrected chi connectivity index (χ4v) is 16.4. The van der Waals surface area contributed by atoms with Gasteiger partial charge in [-0.25, -0.2) is 27.1 Å². The molecule has 5 aromatic rings. The number of ether oxygens (including phenoxy) is 7. The van der Waals surface area contributed by atoms with Crippen molar-refractivity contribution in [2.75, 3.05) is 124 Å². The number of nitrogens with one attached hydrogen (secondary N) is 6. The van der Waals surface area contributed by atoms with Crippen molar-refractivity contribution in [1.82, 2.24) is 35.4 Å². The maximum absolute atomic E-state index is 14.3. The van der Waals surface area contributed by atoms with Gasteiger partial charge in [-0.05, 0) is 85.8 Å². The van der Waals surface area contributed by atoms with Crippen molar-refractivity contribution in [2.24, 2.45) is 10.2 Å². The number of phosphoric acid groups is 3. The number of nitrogens with zero attached hydrogens (tertiary/aromatic N) is 9. The Morgan fingerprint density at radius 3 is 2.34 bits per heavy atom. The number of benzene rings is 4. The number of azide groups is 2. The maximum Gasteiger partial charge on any atom is 0.490 e. The molecule has 2 aliphatic heterocycles. The molecule has 6 unspecified atom stereocenters. The van der Waals surface area contributed by atoms with E-state index in [2.05, 4.69) is 76.7 Å². The minimum atomic E-state index is -5.87. The number of phosphoric ester groups is 1. The number of carbonyl (C=O) groups is 5. The molecule has 8 rings (SSSR count). The summed E-state index contributed by atoms with van der Waals surface area (Å²) in [6.07, 6.45) is -2.81. The Balaban J connectivity index is 0.684. The molecule has 2 aromatic heterocycles. The first-order chi connectivity index (χ1) is 56.0. The molecular formula is C67H83N16O30P3S2. The van der Waals surface area contributed by atoms with Gasteiger partial charge in [0.2, 0.25) is 28.0 Å². The lowest BCUT2D eigenvalue weighted by Gasteiger charge is -2.23. The lowest BCUT2D eigenvalue weighted by Crippen LogP contribution is -2.76. The first kappa shape index (κ1) is 93.4. The number of aromatic nitrogens is 3. The maximum atomic E-state index is 14.3. The first-order valence-electron chi connectivity index (χ1n) is 35.6. The van der Waals surface area contributed by atoms with Crippen molar-refractivity contribution in [1.29, 1.82) is 0 Å². The van der Waals surface area contributed by atoms with Gasteiger partial charge in [0, 0.05) is 109 Å². The van der Waals surface area contributed by atoms with E-state index in [9.17, 15) is 78.2 Å². The predicted molar refractivity (Wildman–Crippen MR) is 410 cm³/mol. The van der Waals surface area contributed by atoms with E-state index >= 15 is 0 Å². The Morgan fingerprint density at radius 1 is 0.864 bits per heavy atom. The molecule has 4 amide bonds. The summed E-state index contributed by atoms with van der Waals surface area (Å²) >= 11 is 0. The Bertz CT molecular complexity index is 5470. The van der Waals surface area contributed by atoms with Crippen LogP contribution in [0.15, 0.2) is 108 Å². The minimum Gasteiger partial charge on any atom is -0.744 e. The van der Waals surface area contributed by atoms with Crippen LogP contribution in [0.3, 0.4) is 0 Å². The normalized spacial score (nSPS) is 15.7. The van der Waals surface area contributed by atoms with Gasteiger partial charge in [-0.1, -0.05) is 46.3 Å². The zero-order chi connectivity index (χ0) is 86.0. The molecule has 118 heavy (non-hydrogen) atoms. The Hall–Kier alpha value is -10.1. The number of amides is 4. The molecule has 51 heteroatoms. The summed E-state index contributed by atoms with van der Waals surface area (Å²) in [6.45, 7) is 1.85. The van der Waals surface area contributed by atoms with Crippen molar-refractivity contribution in [3.8, 4) is 40.0 Å². The molecule has 638 valence electrons. The molecule has 0 spiro atoms. The van der Waals surface area contributed by atoms with Gasteiger partial charge in [0.25, 0.3) is 17.4 Å². The number of nitrogens with two attached hydrogens (primary N) is 1. The second-order valence-corrected chi connectivity index (χ2v) is 32.2. The molecule has 1 fully saturated rings. The Labute approximate surface area is 670 Å². The van der Waals surface area contributed by atoms with Crippen LogP contribution in [0, 0.1) is 11.8 Å². The topological polar surface area (TPSA) is 674 Å². The number of anilines is 2. The number of aromatic amines is 1. The minimum absolute atomic E-state index is 0.0307. The highest BCUT2D eigenvalue weighted by Crippen LogP contribution is 2.66. The molecular weight excluding hydrogens is 1670 g/mol. The molecule has 0 radical (unpaired) electrons. The number of hydrogen-bond acceptors (Lipinski definition) is 30. The van der Waals surface area contributed by atoms with Crippen LogP contribution < -0.4 is 47.6 Å². The number of Topliss-reactive ketones (excluding diaryl/α,β-unsaturated/α-hetero) is 1. The van der Waals surface area contributed by atoms with Crippen LogP contribution in [-0.2, 0) is 89.9 Å². The van der Waals surface area contributed by atoms with Crippen LogP contribution in [0.4, 0.5) is 11.6 Å². The second kappa shape index (κ2) is 43.6. The number of nitrogen functional groups attached to an aromatic ring is 1. The number of rotatable bonds is 47. The van der Waals surface area contributed by atoms with Crippen molar-refractivity contribution < 1.29 is 139 Å². The summed E-state index contributed by atoms with van der Waals surface area (Å²) in [6, 6.07) is 18.1. The van der Waals surface area contributed by atoms with Crippen LogP contribution >= 0.6 is 23.5 Å². The predicted octanol–water partition coefficient (Wildman–Crippen LogP) is 3.08. The molecule has 0 saturated carbocycles. The molecule has 46 nitrogen and oxygen atoms in total. The average Bonchev–Trinajstić information content (AvgIpc) is 0.874. The highest BCUT2D eigenvalue weighted by Gasteiger charge is 2.44. The van der Waals surface area contributed by atoms with E-state index in [-0.39, 0.29) is 202 Å². The summed E-state index contributed by atoms with van der Waals surface area (Å²) in [5.74, 6) is 2.82. The summed E-state index contributed by atoms with van der Waals surface area (Å²) in [5, 5.41) is 17.5. The van der Waals surface area contributed by atoms with E-state index in [0.717, 1.165) is 0 Å². The van der Waals surface area contributed by atoms with Crippen LogP contribution in [0.1, 0.15) is 84.9 Å². The summed E-state index contributed by atoms with van der Waals surface area (Å²) in [5.41, 5.74) is 23.1. The largest absolute Gasteiger partial charge is 0.744 e. The van der Waals surface area contributed by atoms with Gasteiger partial charge in [0.1, 0.15) is 65.4 Å². The molecule has 1 aliphatic carbocycles. The zero-order valence-electron chi connectivity index (χ0n) is 63.1. The number of ketones is 1. The third-order valence-corrected chi connectivity index (χ3v) is 22.3. The van der Waals surface area contributed by atoms with Crippen molar-refractivity contribution in [3.05, 3.63) is 132 Å². The molecule has 13 N–H and O–H groups in total. The SMILES string of the molecule is CCNc1ccc2c(-c3ccccc3C(=O)N(C)CCCC(=O)NCCOCCOCCC(=O)CCCNC(=O)c3cccc(OCC(N=[N+]=[N-])OCCOCC(=O)NCC#Cc4cn(C5CC(OCN=[N+]=[N-])C(COP(=O)(O)OP(=O)(O)OP(=O)(O)O)O5)c5nc(N)[nH]c(=O)c45)c3)c3ccc(=[NH+]CC)c(S(=O)(=O)O)c-3oc2c1S(=O)(=O)[O-]. The second-order valence-electron chi connectivity index (χ2n) is 25.1. The molecule has 1 saturated heterocycles. The highest BCUT2D eigenvalue weighted by molar-refractivity contribution is 7.86. The van der Waals surface area contributed by atoms with E-state index < -0.39 is 133 Å². The van der Waals surface area contributed by atoms with Gasteiger partial charge in [0.05, 0.1) is 75.5 Å². The van der Waals surface area contributed by atoms with Gasteiger partial charge >= 0.3 is 33.6 Å². The monoisotopic (exact) mass is 1750 g/mol. The number of fused-ring (bicyclic) bond motifs is 3. The van der Waals surface area contributed by atoms with Crippen LogP contribution in [0.2, 0.25) is 0 Å². The smallest absolute Gasteiger partial charge is 0.490 e. The molecule has 6 atom stereocenters. The van der Waals surface area contributed by atoms with E-state index in [1.807, 2.05) is 0 Å². The lowest BCUT2D eigenvalue weighted by molar-refractivity contribution is -0.498. The molecule has 3 aromatic carbocycles. The van der Waals surface area contributed by atoms with Crippen molar-refractivity contribution in [2.45, 2.75) is 86.8 Å². The van der Waals surface area contributed by atoms with E-state index in [4.69, 9.17) is 68.7 Å². The van der Waals surface area contributed by atoms with Crippen LogP contribution in [0.25, 0.3) is 65.3 Å². The molecule has 3 aliphatic rings. The quantitative estimate of drug-likeness (QED) is 0.00381. The van der Waals surface area contributed by atoms with Crippen LogP contribution in [0.5, 0.6) is 5.75 Å². The zero-order valence-corrected chi connectivity index (χ0v) is 67.4. The molecule has 4 heterocycles. The van der Waals surface area contributed by atoms with E-state index in [0.29, 0.717) is 6.42 Å². The van der Waals surface area contributed by atoms with E-state index in [1.54, 1.807) is 44.2 Å². The average molecular weight is 1750 g/mol. The van der Waals surface area contributed by atoms with E-state index in [1.165, 1.54) is 65.2 Å². The third kappa shape index (κ3) is 27.5. The first-order valence-corrected chi connectivity index (χ1v) is 43.0. The Morgan fingerprint density at radius 2 is 1.62 bits per heavy atom. The standard InChI is InChI=1S/C67H83N16O30P3S2/c1-4-71-49-21-19-47-58(48-20-22-50(72-5-2)62(118(100,101)102)60(48)111-59(47)61(49)117(97,98)99)45-16-6-7-17-46(45)66(89)82(3)27-11-18-53(85)74-26-29-104-31-30-103-28-23-43(84)14-10-25-75-64(87)41-12-8-15-44(34-41)107-39-55(79-81-70)106-33-32-105-38-54(86)73-24-9-13-42-36-83(63-57(42)65(88)78-67(68)77-63)56-35-51(108-40-76-80-69)52(110-56)37-109-115(93,94)113-116(95,96)112-114(90,91)92/h6-8,12,15-17,19-22,34,36,51-52,55-56,71H,4-5,10-11,14,18,23-33,35,37-40H2,1-3H3,(H,73,86)(H,74,85)(H,75,87)(H,93,94)(H,95,96)(H2,90,91,92)(H,97,98,99)(H,100,101,102)(H3,68,77,78,88). The van der Waals surface area contributed by atoms with Gasteiger partial charge in [-0.3, -0.25) is 42.8 Å². The van der Waals surface area contributed by atoms with Gasteiger partial charge in [0.15, 0.2) is 23.2 Å². The molecule has 0 bridgehead atoms.